The second-order valence-electron chi connectivity index (χ2n) is 6.47. The van der Waals surface area contributed by atoms with Gasteiger partial charge >= 0.3 is 12.1 Å². The van der Waals surface area contributed by atoms with Gasteiger partial charge < -0.3 is 14.8 Å². The van der Waals surface area contributed by atoms with E-state index in [-0.39, 0.29) is 17.4 Å². The van der Waals surface area contributed by atoms with E-state index in [0.29, 0.717) is 12.8 Å². The molecule has 1 amide bonds. The molecule has 1 N–H and O–H groups in total. The van der Waals surface area contributed by atoms with Gasteiger partial charge in [0, 0.05) is 12.5 Å². The van der Waals surface area contributed by atoms with Crippen LogP contribution < -0.4 is 5.32 Å². The Hall–Kier alpha value is -1.26. The fraction of sp³-hybridized carbons (Fsp3) is 0.857. The van der Waals surface area contributed by atoms with Crippen LogP contribution in [0.2, 0.25) is 0 Å². The Labute approximate surface area is 115 Å². The van der Waals surface area contributed by atoms with Gasteiger partial charge in [-0.15, -0.1) is 0 Å². The molecular weight excluding hydrogens is 246 g/mol. The van der Waals surface area contributed by atoms with Crippen LogP contribution in [0.4, 0.5) is 4.79 Å². The van der Waals surface area contributed by atoms with Crippen molar-refractivity contribution in [3.05, 3.63) is 0 Å². The summed E-state index contributed by atoms with van der Waals surface area (Å²) in [4.78, 5) is 23.0. The van der Waals surface area contributed by atoms with E-state index >= 15 is 0 Å². The first-order valence-corrected chi connectivity index (χ1v) is 6.73. The number of ether oxygens (including phenoxy) is 2. The van der Waals surface area contributed by atoms with E-state index in [0.717, 1.165) is 12.8 Å². The molecule has 0 heterocycles. The average molecular weight is 271 g/mol. The van der Waals surface area contributed by atoms with Gasteiger partial charge in [0.1, 0.15) is 5.60 Å². The highest BCUT2D eigenvalue weighted by atomic mass is 16.6. The molecule has 1 unspecified atom stereocenters. The van der Waals surface area contributed by atoms with Crippen LogP contribution in [0.5, 0.6) is 0 Å². The quantitative estimate of drug-likeness (QED) is 0.781. The maximum atomic E-state index is 11.8. The van der Waals surface area contributed by atoms with Crippen LogP contribution in [0.3, 0.4) is 0 Å². The van der Waals surface area contributed by atoms with Gasteiger partial charge in [-0.05, 0) is 45.4 Å². The summed E-state index contributed by atoms with van der Waals surface area (Å²) in [6.45, 7) is 7.60. The number of hydrogen-bond acceptors (Lipinski definition) is 4. The standard InChI is InChI=1S/C14H25NO4/c1-13(2,3)19-12(17)15-10(14(4)8-9-14)6-7-11(16)18-5/h10H,6-9H2,1-5H3,(H,15,17). The predicted molar refractivity (Wildman–Crippen MR) is 71.7 cm³/mol. The summed E-state index contributed by atoms with van der Waals surface area (Å²) >= 11 is 0. The second kappa shape index (κ2) is 5.80. The zero-order valence-corrected chi connectivity index (χ0v) is 12.5. The number of amides is 1. The molecule has 1 saturated carbocycles. The van der Waals surface area contributed by atoms with E-state index in [1.165, 1.54) is 7.11 Å². The minimum Gasteiger partial charge on any atom is -0.469 e. The van der Waals surface area contributed by atoms with Crippen molar-refractivity contribution in [3.63, 3.8) is 0 Å². The molecule has 0 spiro atoms. The van der Waals surface area contributed by atoms with Crippen molar-refractivity contribution < 1.29 is 19.1 Å². The van der Waals surface area contributed by atoms with Crippen molar-refractivity contribution >= 4 is 12.1 Å². The second-order valence-corrected chi connectivity index (χ2v) is 6.47. The third kappa shape index (κ3) is 5.49. The number of rotatable bonds is 5. The number of methoxy groups -OCH3 is 1. The highest BCUT2D eigenvalue weighted by molar-refractivity contribution is 5.70. The van der Waals surface area contributed by atoms with E-state index in [4.69, 9.17) is 4.74 Å². The fourth-order valence-corrected chi connectivity index (χ4v) is 1.95. The smallest absolute Gasteiger partial charge is 0.407 e. The van der Waals surface area contributed by atoms with Gasteiger partial charge in [-0.1, -0.05) is 6.92 Å². The van der Waals surface area contributed by atoms with Gasteiger partial charge in [-0.25, -0.2) is 4.79 Å². The summed E-state index contributed by atoms with van der Waals surface area (Å²) in [6.07, 6.45) is 2.61. The Bertz CT molecular complexity index is 342. The molecule has 0 aliphatic heterocycles. The Balaban J connectivity index is 2.51. The van der Waals surface area contributed by atoms with Gasteiger partial charge in [-0.2, -0.15) is 0 Å². The molecule has 110 valence electrons. The first-order chi connectivity index (χ1) is 8.66. The van der Waals surface area contributed by atoms with Crippen molar-refractivity contribution in [1.29, 1.82) is 0 Å². The number of carbonyl (C=O) groups excluding carboxylic acids is 2. The van der Waals surface area contributed by atoms with Crippen LogP contribution in [0.25, 0.3) is 0 Å². The number of esters is 1. The van der Waals surface area contributed by atoms with E-state index in [2.05, 4.69) is 17.0 Å². The van der Waals surface area contributed by atoms with Gasteiger partial charge in [0.05, 0.1) is 7.11 Å². The summed E-state index contributed by atoms with van der Waals surface area (Å²) in [5, 5.41) is 2.89. The maximum absolute atomic E-state index is 11.8. The molecule has 0 aromatic rings. The molecule has 1 atom stereocenters. The molecular formula is C14H25NO4. The zero-order chi connectivity index (χ0) is 14.7. The zero-order valence-electron chi connectivity index (χ0n) is 12.5. The normalized spacial score (nSPS) is 18.4. The molecule has 1 aliphatic rings. The highest BCUT2D eigenvalue weighted by Gasteiger charge is 2.45. The van der Waals surface area contributed by atoms with Gasteiger partial charge in [0.2, 0.25) is 0 Å². The lowest BCUT2D eigenvalue weighted by Crippen LogP contribution is -2.43. The lowest BCUT2D eigenvalue weighted by Gasteiger charge is -2.27. The van der Waals surface area contributed by atoms with Gasteiger partial charge in [0.25, 0.3) is 0 Å². The van der Waals surface area contributed by atoms with E-state index in [1.807, 2.05) is 20.8 Å². The molecule has 5 nitrogen and oxygen atoms in total. The summed E-state index contributed by atoms with van der Waals surface area (Å²) < 4.78 is 9.89. The molecule has 0 aromatic carbocycles. The van der Waals surface area contributed by atoms with Crippen LogP contribution in [-0.2, 0) is 14.3 Å². The van der Waals surface area contributed by atoms with Gasteiger partial charge in [-0.3, -0.25) is 4.79 Å². The molecule has 0 saturated heterocycles. The summed E-state index contributed by atoms with van der Waals surface area (Å²) in [5.74, 6) is -0.250. The molecule has 1 aliphatic carbocycles. The molecule has 0 radical (unpaired) electrons. The molecule has 5 heteroatoms. The Morgan fingerprint density at radius 3 is 2.32 bits per heavy atom. The first-order valence-electron chi connectivity index (χ1n) is 6.73. The summed E-state index contributed by atoms with van der Waals surface area (Å²) in [5.41, 5.74) is -0.424. The van der Waals surface area contributed by atoms with Crippen LogP contribution in [-0.4, -0.2) is 30.8 Å². The number of nitrogens with one attached hydrogen (secondary N) is 1. The molecule has 0 aromatic heterocycles. The van der Waals surface area contributed by atoms with E-state index in [1.54, 1.807) is 0 Å². The Kier molecular flexibility index (Phi) is 4.82. The summed E-state index contributed by atoms with van der Waals surface area (Å²) in [6, 6.07) is -0.0403. The lowest BCUT2D eigenvalue weighted by molar-refractivity contribution is -0.140. The first kappa shape index (κ1) is 15.8. The van der Waals surface area contributed by atoms with E-state index in [9.17, 15) is 9.59 Å². The van der Waals surface area contributed by atoms with Crippen LogP contribution in [0.1, 0.15) is 53.4 Å². The van der Waals surface area contributed by atoms with E-state index < -0.39 is 11.7 Å². The third-order valence-electron chi connectivity index (χ3n) is 3.44. The van der Waals surface area contributed by atoms with Crippen molar-refractivity contribution in [1.82, 2.24) is 5.32 Å². The molecule has 19 heavy (non-hydrogen) atoms. The highest BCUT2D eigenvalue weighted by Crippen LogP contribution is 2.49. The molecule has 1 fully saturated rings. The number of hydrogen-bond donors (Lipinski definition) is 1. The van der Waals surface area contributed by atoms with Gasteiger partial charge in [0.15, 0.2) is 0 Å². The lowest BCUT2D eigenvalue weighted by atomic mass is 9.94. The Morgan fingerprint density at radius 2 is 1.89 bits per heavy atom. The number of alkyl carbamates (subject to hydrolysis) is 1. The average Bonchev–Trinajstić information content (AvgIpc) is 3.00. The SMILES string of the molecule is COC(=O)CCC(NC(=O)OC(C)(C)C)C1(C)CC1. The largest absolute Gasteiger partial charge is 0.469 e. The minimum absolute atomic E-state index is 0.0403. The monoisotopic (exact) mass is 271 g/mol. The number of carbonyl (C=O) groups is 2. The van der Waals surface area contributed by atoms with Crippen LogP contribution in [0, 0.1) is 5.41 Å². The Morgan fingerprint density at radius 1 is 1.32 bits per heavy atom. The van der Waals surface area contributed by atoms with Crippen molar-refractivity contribution in [2.45, 2.75) is 65.0 Å². The molecule has 0 bridgehead atoms. The van der Waals surface area contributed by atoms with Crippen LogP contribution in [0.15, 0.2) is 0 Å². The maximum Gasteiger partial charge on any atom is 0.407 e. The third-order valence-corrected chi connectivity index (χ3v) is 3.44. The topological polar surface area (TPSA) is 64.6 Å². The van der Waals surface area contributed by atoms with Crippen molar-refractivity contribution in [2.75, 3.05) is 7.11 Å². The molecule has 1 rings (SSSR count). The van der Waals surface area contributed by atoms with Crippen LogP contribution >= 0.6 is 0 Å². The van der Waals surface area contributed by atoms with Crippen molar-refractivity contribution in [3.8, 4) is 0 Å². The van der Waals surface area contributed by atoms with Crippen molar-refractivity contribution in [2.24, 2.45) is 5.41 Å². The summed E-state index contributed by atoms with van der Waals surface area (Å²) in [7, 11) is 1.37. The predicted octanol–water partition coefficient (Wildman–Crippen LogP) is 2.63. The fourth-order valence-electron chi connectivity index (χ4n) is 1.95. The minimum atomic E-state index is -0.512.